The molecule has 7 nitrogen and oxygen atoms in total. The molecule has 0 radical (unpaired) electrons. The predicted octanol–water partition coefficient (Wildman–Crippen LogP) is 5.28. The number of amides is 1. The molecule has 1 unspecified atom stereocenters. The minimum absolute atomic E-state index is 0.0767. The van der Waals surface area contributed by atoms with Gasteiger partial charge in [-0.25, -0.2) is 0 Å². The number of carbonyl (C=O) groups is 3. The molecule has 0 spiro atoms. The summed E-state index contributed by atoms with van der Waals surface area (Å²) in [5.74, 6) is -0.873. The van der Waals surface area contributed by atoms with E-state index in [1.165, 1.54) is 21.0 Å². The first-order valence-electron chi connectivity index (χ1n) is 11.6. The number of Topliss-reactive ketones (excluding diaryl/α,β-unsaturated/α-hetero) is 1. The number of ether oxygens (including phenoxy) is 1. The van der Waals surface area contributed by atoms with Crippen LogP contribution >= 0.6 is 0 Å². The van der Waals surface area contributed by atoms with Crippen LogP contribution in [-0.4, -0.2) is 35.0 Å². The van der Waals surface area contributed by atoms with Crippen LogP contribution in [0.4, 0.5) is 5.69 Å². The SMILES string of the molecule is COc1cc(C(C)O)ccc1CC(=O)Nc1ccc(-c2ccc(C(=O)CC(C)(C)C(=O)O)cc2)cc1. The Bertz CT molecular complexity index is 1240. The van der Waals surface area contributed by atoms with Gasteiger partial charge < -0.3 is 20.3 Å². The van der Waals surface area contributed by atoms with Gasteiger partial charge in [0.2, 0.25) is 5.91 Å². The number of carbonyl (C=O) groups excluding carboxylic acids is 2. The van der Waals surface area contributed by atoms with Crippen molar-refractivity contribution in [3.63, 3.8) is 0 Å². The van der Waals surface area contributed by atoms with Crippen molar-refractivity contribution in [2.75, 3.05) is 12.4 Å². The predicted molar refractivity (Wildman–Crippen MR) is 138 cm³/mol. The quantitative estimate of drug-likeness (QED) is 0.334. The van der Waals surface area contributed by atoms with Crippen LogP contribution in [0.2, 0.25) is 0 Å². The Kier molecular flexibility index (Phi) is 8.27. The van der Waals surface area contributed by atoms with Crippen LogP contribution < -0.4 is 10.1 Å². The van der Waals surface area contributed by atoms with Crippen molar-refractivity contribution in [1.29, 1.82) is 0 Å². The minimum Gasteiger partial charge on any atom is -0.496 e. The maximum Gasteiger partial charge on any atom is 0.309 e. The van der Waals surface area contributed by atoms with Gasteiger partial charge in [-0.05, 0) is 55.7 Å². The number of methoxy groups -OCH3 is 1. The van der Waals surface area contributed by atoms with E-state index < -0.39 is 17.5 Å². The molecule has 0 fully saturated rings. The van der Waals surface area contributed by atoms with Crippen LogP contribution in [0.3, 0.4) is 0 Å². The third kappa shape index (κ3) is 6.58. The highest BCUT2D eigenvalue weighted by Gasteiger charge is 2.30. The molecule has 36 heavy (non-hydrogen) atoms. The van der Waals surface area contributed by atoms with Crippen molar-refractivity contribution in [2.24, 2.45) is 5.41 Å². The molecular weight excluding hydrogens is 458 g/mol. The number of carboxylic acids is 1. The molecule has 0 saturated heterocycles. The van der Waals surface area contributed by atoms with E-state index in [4.69, 9.17) is 4.74 Å². The fourth-order valence-corrected chi connectivity index (χ4v) is 3.72. The average molecular weight is 490 g/mol. The van der Waals surface area contributed by atoms with Crippen molar-refractivity contribution >= 4 is 23.3 Å². The standard InChI is InChI=1S/C29H31NO6/c1-18(31)22-9-10-23(26(15-22)36-4)16-27(33)30-24-13-11-20(12-14-24)19-5-7-21(8-6-19)25(32)17-29(2,3)28(34)35/h5-15,18,31H,16-17H2,1-4H3,(H,30,33)(H,34,35). The molecule has 7 heteroatoms. The van der Waals surface area contributed by atoms with E-state index in [-0.39, 0.29) is 24.5 Å². The van der Waals surface area contributed by atoms with Gasteiger partial charge >= 0.3 is 5.97 Å². The summed E-state index contributed by atoms with van der Waals surface area (Å²) in [5, 5.41) is 21.9. The van der Waals surface area contributed by atoms with Gasteiger partial charge in [-0.15, -0.1) is 0 Å². The smallest absolute Gasteiger partial charge is 0.309 e. The van der Waals surface area contributed by atoms with E-state index in [2.05, 4.69) is 5.32 Å². The van der Waals surface area contributed by atoms with Crippen LogP contribution in [-0.2, 0) is 16.0 Å². The lowest BCUT2D eigenvalue weighted by Crippen LogP contribution is -2.26. The molecule has 3 N–H and O–H groups in total. The number of hydrogen-bond acceptors (Lipinski definition) is 5. The highest BCUT2D eigenvalue weighted by atomic mass is 16.5. The number of carboxylic acid groups (broad SMARTS) is 1. The van der Waals surface area contributed by atoms with Crippen molar-refractivity contribution in [3.8, 4) is 16.9 Å². The van der Waals surface area contributed by atoms with Crippen LogP contribution in [0.25, 0.3) is 11.1 Å². The summed E-state index contributed by atoms with van der Waals surface area (Å²) >= 11 is 0. The fourth-order valence-electron chi connectivity index (χ4n) is 3.72. The summed E-state index contributed by atoms with van der Waals surface area (Å²) in [5.41, 5.74) is 3.23. The Morgan fingerprint density at radius 2 is 1.53 bits per heavy atom. The molecule has 3 aromatic rings. The number of aliphatic hydroxyl groups excluding tert-OH is 1. The van der Waals surface area contributed by atoms with Crippen molar-refractivity contribution in [3.05, 3.63) is 83.4 Å². The van der Waals surface area contributed by atoms with Crippen LogP contribution in [0, 0.1) is 5.41 Å². The van der Waals surface area contributed by atoms with Crippen molar-refractivity contribution < 1.29 is 29.3 Å². The van der Waals surface area contributed by atoms with E-state index in [1.54, 1.807) is 49.4 Å². The van der Waals surface area contributed by atoms with Crippen molar-refractivity contribution in [1.82, 2.24) is 0 Å². The summed E-state index contributed by atoms with van der Waals surface area (Å²) in [4.78, 5) is 36.3. The zero-order valence-corrected chi connectivity index (χ0v) is 20.9. The summed E-state index contributed by atoms with van der Waals surface area (Å²) in [6.07, 6.45) is -0.577. The number of aliphatic carboxylic acids is 1. The molecule has 0 aliphatic heterocycles. The monoisotopic (exact) mass is 489 g/mol. The number of aliphatic hydroxyl groups is 1. The summed E-state index contributed by atoms with van der Waals surface area (Å²) in [6.45, 7) is 4.74. The molecule has 0 bridgehead atoms. The Balaban J connectivity index is 1.63. The van der Waals surface area contributed by atoms with Crippen LogP contribution in [0.1, 0.15) is 54.8 Å². The third-order valence-electron chi connectivity index (χ3n) is 6.03. The number of nitrogens with one attached hydrogen (secondary N) is 1. The van der Waals surface area contributed by atoms with Gasteiger partial charge in [-0.3, -0.25) is 14.4 Å². The lowest BCUT2D eigenvalue weighted by molar-refractivity contribution is -0.146. The minimum atomic E-state index is -1.12. The van der Waals surface area contributed by atoms with Crippen LogP contribution in [0.15, 0.2) is 66.7 Å². The molecule has 188 valence electrons. The molecule has 0 aliphatic rings. The van der Waals surface area contributed by atoms with Gasteiger partial charge in [0, 0.05) is 23.2 Å². The van der Waals surface area contributed by atoms with Crippen molar-refractivity contribution in [2.45, 2.75) is 39.7 Å². The molecule has 0 heterocycles. The van der Waals surface area contributed by atoms with E-state index >= 15 is 0 Å². The summed E-state index contributed by atoms with van der Waals surface area (Å²) < 4.78 is 5.37. The molecule has 3 aromatic carbocycles. The molecule has 0 saturated carbocycles. The third-order valence-corrected chi connectivity index (χ3v) is 6.03. The summed E-state index contributed by atoms with van der Waals surface area (Å²) in [7, 11) is 1.53. The van der Waals surface area contributed by atoms with Gasteiger partial charge in [0.15, 0.2) is 5.78 Å². The average Bonchev–Trinajstić information content (AvgIpc) is 2.84. The maximum atomic E-state index is 12.6. The van der Waals surface area contributed by atoms with E-state index in [0.29, 0.717) is 22.6 Å². The van der Waals surface area contributed by atoms with Gasteiger partial charge in [0.25, 0.3) is 0 Å². The first-order valence-corrected chi connectivity index (χ1v) is 11.6. The van der Waals surface area contributed by atoms with Gasteiger partial charge in [-0.1, -0.05) is 48.5 Å². The maximum absolute atomic E-state index is 12.6. The lowest BCUT2D eigenvalue weighted by Gasteiger charge is -2.17. The number of hydrogen-bond donors (Lipinski definition) is 3. The number of anilines is 1. The Hall–Kier alpha value is -3.97. The first kappa shape index (κ1) is 26.6. The second-order valence-corrected chi connectivity index (χ2v) is 9.42. The molecule has 1 amide bonds. The van der Waals surface area contributed by atoms with Gasteiger partial charge in [0.1, 0.15) is 5.75 Å². The highest BCUT2D eigenvalue weighted by molar-refractivity contribution is 5.99. The second kappa shape index (κ2) is 11.2. The highest BCUT2D eigenvalue weighted by Crippen LogP contribution is 2.27. The lowest BCUT2D eigenvalue weighted by atomic mass is 9.85. The van der Waals surface area contributed by atoms with Gasteiger partial charge in [-0.2, -0.15) is 0 Å². The first-order chi connectivity index (χ1) is 17.0. The Morgan fingerprint density at radius 3 is 2.06 bits per heavy atom. The largest absolute Gasteiger partial charge is 0.496 e. The molecule has 3 rings (SSSR count). The summed E-state index contributed by atoms with van der Waals surface area (Å²) in [6, 6.07) is 19.7. The van der Waals surface area contributed by atoms with E-state index in [0.717, 1.165) is 16.7 Å². The van der Waals surface area contributed by atoms with Crippen LogP contribution in [0.5, 0.6) is 5.75 Å². The zero-order valence-electron chi connectivity index (χ0n) is 20.9. The Labute approximate surface area is 210 Å². The van der Waals surface area contributed by atoms with E-state index in [1.807, 2.05) is 24.3 Å². The number of ketones is 1. The molecular formula is C29H31NO6. The van der Waals surface area contributed by atoms with E-state index in [9.17, 15) is 24.6 Å². The second-order valence-electron chi connectivity index (χ2n) is 9.42. The van der Waals surface area contributed by atoms with Gasteiger partial charge in [0.05, 0.1) is 25.0 Å². The normalized spacial score (nSPS) is 12.0. The molecule has 0 aromatic heterocycles. The molecule has 0 aliphatic carbocycles. The zero-order chi connectivity index (χ0) is 26.5. The fraction of sp³-hybridized carbons (Fsp3) is 0.276. The number of rotatable bonds is 10. The number of benzene rings is 3. The topological polar surface area (TPSA) is 113 Å². The Morgan fingerprint density at radius 1 is 0.944 bits per heavy atom. The molecule has 1 atom stereocenters.